The number of carbonyl (C=O) groups is 2. The largest absolute Gasteiger partial charge is 0.483 e. The van der Waals surface area contributed by atoms with Gasteiger partial charge in [0.15, 0.2) is 6.61 Å². The normalized spacial score (nSPS) is 10.5. The lowest BCUT2D eigenvalue weighted by molar-refractivity contribution is -0.118. The number of hydrogen-bond acceptors (Lipinski definition) is 4. The fourth-order valence-corrected chi connectivity index (χ4v) is 2.96. The smallest absolute Gasteiger partial charge is 0.262 e. The van der Waals surface area contributed by atoms with Gasteiger partial charge in [0.1, 0.15) is 5.75 Å². The topological polar surface area (TPSA) is 99.2 Å². The highest BCUT2D eigenvalue weighted by atomic mass is 35.5. The number of amides is 2. The van der Waals surface area contributed by atoms with Crippen molar-refractivity contribution in [3.05, 3.63) is 70.5 Å². The maximum Gasteiger partial charge on any atom is 0.262 e. The molecule has 0 saturated carbocycles. The molecule has 0 spiro atoms. The van der Waals surface area contributed by atoms with Gasteiger partial charge in [-0.05, 0) is 44.2 Å². The van der Waals surface area contributed by atoms with Crippen LogP contribution in [0.3, 0.4) is 0 Å². The minimum absolute atomic E-state index is 0.115. The maximum atomic E-state index is 12.4. The molecule has 1 heterocycles. The van der Waals surface area contributed by atoms with Crippen molar-refractivity contribution in [2.45, 2.75) is 13.8 Å². The molecule has 0 fully saturated rings. The van der Waals surface area contributed by atoms with Gasteiger partial charge in [-0.3, -0.25) is 9.59 Å². The monoisotopic (exact) mass is 398 g/mol. The first kappa shape index (κ1) is 19.4. The van der Waals surface area contributed by atoms with Crippen LogP contribution >= 0.6 is 11.6 Å². The van der Waals surface area contributed by atoms with Gasteiger partial charge in [0.2, 0.25) is 0 Å². The molecular weight excluding hydrogens is 380 g/mol. The van der Waals surface area contributed by atoms with E-state index in [0.717, 1.165) is 11.4 Å². The van der Waals surface area contributed by atoms with Crippen LogP contribution in [0, 0.1) is 13.8 Å². The first-order valence-electron chi connectivity index (χ1n) is 8.50. The lowest BCUT2D eigenvalue weighted by atomic mass is 10.2. The van der Waals surface area contributed by atoms with E-state index in [-0.39, 0.29) is 23.8 Å². The summed E-state index contributed by atoms with van der Waals surface area (Å²) in [5, 5.41) is 7.65. The van der Waals surface area contributed by atoms with Crippen LogP contribution in [0.2, 0.25) is 5.02 Å². The number of aryl methyl sites for hydroxylation is 1. The number of halogens is 1. The fraction of sp³-hybridized carbons (Fsp3) is 0.150. The van der Waals surface area contributed by atoms with Gasteiger partial charge in [-0.1, -0.05) is 29.8 Å². The van der Waals surface area contributed by atoms with Gasteiger partial charge >= 0.3 is 0 Å². The first-order chi connectivity index (χ1) is 13.4. The molecular formula is C20H19ClN4O3. The molecule has 0 aliphatic heterocycles. The number of benzene rings is 2. The Morgan fingerprint density at radius 2 is 1.89 bits per heavy atom. The van der Waals surface area contributed by atoms with Gasteiger partial charge in [-0.15, -0.1) is 0 Å². The lowest BCUT2D eigenvalue weighted by Crippen LogP contribution is -2.22. The van der Waals surface area contributed by atoms with Crippen molar-refractivity contribution in [1.82, 2.24) is 9.78 Å². The average molecular weight is 399 g/mol. The molecule has 3 N–H and O–H groups in total. The highest BCUT2D eigenvalue weighted by Gasteiger charge is 2.17. The lowest BCUT2D eigenvalue weighted by Gasteiger charge is -2.11. The molecule has 2 aromatic carbocycles. The molecule has 3 aromatic rings. The zero-order chi connectivity index (χ0) is 20.3. The SMILES string of the molecule is Cc1nn(-c2ccccc2)c(C)c1NC(=O)COc1ccc(Cl)cc1C(N)=O. The number of hydrogen-bond donors (Lipinski definition) is 2. The number of nitrogens with zero attached hydrogens (tertiary/aromatic N) is 2. The third kappa shape index (κ3) is 4.15. The van der Waals surface area contributed by atoms with E-state index in [1.165, 1.54) is 12.1 Å². The van der Waals surface area contributed by atoms with Crippen LogP contribution in [-0.4, -0.2) is 28.2 Å². The molecule has 7 nitrogen and oxygen atoms in total. The van der Waals surface area contributed by atoms with Crippen molar-refractivity contribution >= 4 is 29.1 Å². The van der Waals surface area contributed by atoms with Gasteiger partial charge in [0, 0.05) is 5.02 Å². The average Bonchev–Trinajstić information content (AvgIpc) is 2.95. The zero-order valence-electron chi connectivity index (χ0n) is 15.4. The second kappa shape index (κ2) is 8.14. The Bertz CT molecular complexity index is 1030. The van der Waals surface area contributed by atoms with E-state index in [1.807, 2.05) is 44.2 Å². The number of nitrogens with one attached hydrogen (secondary N) is 1. The van der Waals surface area contributed by atoms with E-state index in [9.17, 15) is 9.59 Å². The van der Waals surface area contributed by atoms with Crippen molar-refractivity contribution in [3.63, 3.8) is 0 Å². The minimum atomic E-state index is -0.686. The number of aromatic nitrogens is 2. The third-order valence-corrected chi connectivity index (χ3v) is 4.36. The van der Waals surface area contributed by atoms with Gasteiger partial charge in [-0.25, -0.2) is 4.68 Å². The number of carbonyl (C=O) groups excluding carboxylic acids is 2. The van der Waals surface area contributed by atoms with Crippen molar-refractivity contribution < 1.29 is 14.3 Å². The summed E-state index contributed by atoms with van der Waals surface area (Å²) in [5.41, 5.74) is 8.42. The van der Waals surface area contributed by atoms with Crippen LogP contribution in [0.25, 0.3) is 5.69 Å². The highest BCUT2D eigenvalue weighted by Crippen LogP contribution is 2.24. The highest BCUT2D eigenvalue weighted by molar-refractivity contribution is 6.31. The summed E-state index contributed by atoms with van der Waals surface area (Å²) >= 11 is 5.87. The molecule has 144 valence electrons. The molecule has 0 radical (unpaired) electrons. The number of nitrogens with two attached hydrogens (primary N) is 1. The summed E-state index contributed by atoms with van der Waals surface area (Å²) < 4.78 is 7.22. The van der Waals surface area contributed by atoms with Crippen LogP contribution < -0.4 is 15.8 Å². The summed E-state index contributed by atoms with van der Waals surface area (Å²) in [6, 6.07) is 14.1. The molecule has 0 aliphatic rings. The Morgan fingerprint density at radius 3 is 2.57 bits per heavy atom. The van der Waals surface area contributed by atoms with E-state index in [1.54, 1.807) is 10.7 Å². The van der Waals surface area contributed by atoms with Gasteiger partial charge in [0.25, 0.3) is 11.8 Å². The molecule has 2 amide bonds. The molecule has 0 atom stereocenters. The van der Waals surface area contributed by atoms with E-state index >= 15 is 0 Å². The van der Waals surface area contributed by atoms with E-state index in [4.69, 9.17) is 22.1 Å². The molecule has 0 aliphatic carbocycles. The number of ether oxygens (including phenoxy) is 1. The molecule has 0 unspecified atom stereocenters. The number of para-hydroxylation sites is 1. The Balaban J connectivity index is 1.73. The number of primary amides is 1. The Kier molecular flexibility index (Phi) is 5.65. The number of anilines is 1. The molecule has 0 saturated heterocycles. The Morgan fingerprint density at radius 1 is 1.18 bits per heavy atom. The predicted octanol–water partition coefficient (Wildman–Crippen LogP) is 3.26. The van der Waals surface area contributed by atoms with Gasteiger partial charge in [0.05, 0.1) is 28.3 Å². The van der Waals surface area contributed by atoms with Crippen LogP contribution in [0.1, 0.15) is 21.7 Å². The quantitative estimate of drug-likeness (QED) is 0.665. The van der Waals surface area contributed by atoms with Crippen molar-refractivity contribution in [2.75, 3.05) is 11.9 Å². The standard InChI is InChI=1S/C20H19ClN4O3/c1-12-19(13(2)25(24-12)15-6-4-3-5-7-15)23-18(26)11-28-17-9-8-14(21)10-16(17)20(22)27/h3-10H,11H2,1-2H3,(H2,22,27)(H,23,26). The predicted molar refractivity (Wildman–Crippen MR) is 107 cm³/mol. The summed E-state index contributed by atoms with van der Waals surface area (Å²) in [7, 11) is 0. The first-order valence-corrected chi connectivity index (χ1v) is 8.88. The maximum absolute atomic E-state index is 12.4. The van der Waals surface area contributed by atoms with Crippen molar-refractivity contribution in [1.29, 1.82) is 0 Å². The molecule has 1 aromatic heterocycles. The summed E-state index contributed by atoms with van der Waals surface area (Å²) in [5.74, 6) is -0.876. The summed E-state index contributed by atoms with van der Waals surface area (Å²) in [4.78, 5) is 23.9. The molecule has 28 heavy (non-hydrogen) atoms. The fourth-order valence-electron chi connectivity index (χ4n) is 2.78. The second-order valence-corrected chi connectivity index (χ2v) is 6.57. The minimum Gasteiger partial charge on any atom is -0.483 e. The second-order valence-electron chi connectivity index (χ2n) is 6.13. The van der Waals surface area contributed by atoms with Crippen LogP contribution in [0.4, 0.5) is 5.69 Å². The third-order valence-electron chi connectivity index (χ3n) is 4.12. The van der Waals surface area contributed by atoms with Gasteiger partial charge in [-0.2, -0.15) is 5.10 Å². The van der Waals surface area contributed by atoms with Crippen LogP contribution in [0.15, 0.2) is 48.5 Å². The number of rotatable bonds is 6. The zero-order valence-corrected chi connectivity index (χ0v) is 16.2. The Labute approximate surface area is 167 Å². The van der Waals surface area contributed by atoms with Crippen molar-refractivity contribution in [3.8, 4) is 11.4 Å². The van der Waals surface area contributed by atoms with E-state index in [2.05, 4.69) is 10.4 Å². The molecule has 8 heteroatoms. The summed E-state index contributed by atoms with van der Waals surface area (Å²) in [6.45, 7) is 3.39. The Hall–Kier alpha value is -3.32. The van der Waals surface area contributed by atoms with E-state index < -0.39 is 5.91 Å². The van der Waals surface area contributed by atoms with Crippen molar-refractivity contribution in [2.24, 2.45) is 5.73 Å². The van der Waals surface area contributed by atoms with Gasteiger partial charge < -0.3 is 15.8 Å². The molecule has 3 rings (SSSR count). The molecule has 0 bridgehead atoms. The summed E-state index contributed by atoms with van der Waals surface area (Å²) in [6.07, 6.45) is 0. The van der Waals surface area contributed by atoms with E-state index in [0.29, 0.717) is 16.4 Å². The van der Waals surface area contributed by atoms with Crippen LogP contribution in [-0.2, 0) is 4.79 Å². The van der Waals surface area contributed by atoms with Crippen LogP contribution in [0.5, 0.6) is 5.75 Å².